The Kier molecular flexibility index (Phi) is 4.49. The van der Waals surface area contributed by atoms with E-state index < -0.39 is 10.0 Å². The summed E-state index contributed by atoms with van der Waals surface area (Å²) in [5.74, 6) is -0.170. The highest BCUT2D eigenvalue weighted by atomic mass is 32.2. The van der Waals surface area contributed by atoms with Gasteiger partial charge in [0.15, 0.2) is 5.76 Å². The minimum absolute atomic E-state index is 0.204. The fourth-order valence-corrected chi connectivity index (χ4v) is 4.08. The van der Waals surface area contributed by atoms with E-state index >= 15 is 0 Å². The van der Waals surface area contributed by atoms with Crippen LogP contribution < -0.4 is 5.32 Å². The Morgan fingerprint density at radius 2 is 1.74 bits per heavy atom. The molecule has 3 rings (SSSR count). The Bertz CT molecular complexity index is 761. The van der Waals surface area contributed by atoms with Crippen LogP contribution >= 0.6 is 0 Å². The summed E-state index contributed by atoms with van der Waals surface area (Å²) < 4.78 is 31.6. The lowest BCUT2D eigenvalue weighted by Crippen LogP contribution is -2.35. The maximum Gasteiger partial charge on any atom is 0.291 e. The Balaban J connectivity index is 1.72. The van der Waals surface area contributed by atoms with Crippen molar-refractivity contribution in [3.05, 3.63) is 48.4 Å². The second-order valence-corrected chi connectivity index (χ2v) is 7.36. The standard InChI is InChI=1S/C16H18N2O4S/c19-16(15-5-4-12-22-15)17-13-6-8-14(9-7-13)23(20,21)18-10-2-1-3-11-18/h4-9,12H,1-3,10-11H2,(H,17,19). The molecule has 0 unspecified atom stereocenters. The van der Waals surface area contributed by atoms with Crippen LogP contribution in [0.4, 0.5) is 5.69 Å². The minimum Gasteiger partial charge on any atom is -0.459 e. The van der Waals surface area contributed by atoms with Gasteiger partial charge in [-0.3, -0.25) is 4.79 Å². The maximum absolute atomic E-state index is 12.5. The molecule has 2 aromatic rings. The van der Waals surface area contributed by atoms with Crippen LogP contribution in [0.1, 0.15) is 29.8 Å². The highest BCUT2D eigenvalue weighted by Gasteiger charge is 2.25. The summed E-state index contributed by atoms with van der Waals surface area (Å²) >= 11 is 0. The largest absolute Gasteiger partial charge is 0.459 e. The topological polar surface area (TPSA) is 79.6 Å². The van der Waals surface area contributed by atoms with Crippen molar-refractivity contribution in [2.45, 2.75) is 24.2 Å². The summed E-state index contributed by atoms with van der Waals surface area (Å²) in [5, 5.41) is 2.66. The van der Waals surface area contributed by atoms with Crippen molar-refractivity contribution < 1.29 is 17.6 Å². The lowest BCUT2D eigenvalue weighted by Gasteiger charge is -2.25. The average Bonchev–Trinajstić information content (AvgIpc) is 3.11. The van der Waals surface area contributed by atoms with Gasteiger partial charge in [-0.15, -0.1) is 0 Å². The second-order valence-electron chi connectivity index (χ2n) is 5.42. The van der Waals surface area contributed by atoms with Crippen LogP contribution in [0.2, 0.25) is 0 Å². The molecule has 0 aliphatic carbocycles. The van der Waals surface area contributed by atoms with E-state index in [9.17, 15) is 13.2 Å². The Hall–Kier alpha value is -2.12. The van der Waals surface area contributed by atoms with Gasteiger partial charge >= 0.3 is 0 Å². The molecule has 1 aromatic carbocycles. The number of carbonyl (C=O) groups excluding carboxylic acids is 1. The van der Waals surface area contributed by atoms with Crippen molar-refractivity contribution in [3.63, 3.8) is 0 Å². The van der Waals surface area contributed by atoms with E-state index in [1.54, 1.807) is 24.3 Å². The van der Waals surface area contributed by atoms with Crippen molar-refractivity contribution in [3.8, 4) is 0 Å². The number of nitrogens with one attached hydrogen (secondary N) is 1. The fourth-order valence-electron chi connectivity index (χ4n) is 2.57. The predicted octanol–water partition coefficient (Wildman–Crippen LogP) is 2.71. The van der Waals surface area contributed by atoms with E-state index in [4.69, 9.17) is 4.42 Å². The van der Waals surface area contributed by atoms with Crippen LogP contribution in [0, 0.1) is 0 Å². The Labute approximate surface area is 135 Å². The van der Waals surface area contributed by atoms with Crippen LogP contribution in [-0.4, -0.2) is 31.7 Å². The molecule has 7 heteroatoms. The first-order valence-electron chi connectivity index (χ1n) is 7.52. The molecule has 122 valence electrons. The van der Waals surface area contributed by atoms with Gasteiger partial charge in [-0.2, -0.15) is 4.31 Å². The molecule has 1 fully saturated rings. The molecule has 1 saturated heterocycles. The van der Waals surface area contributed by atoms with Gasteiger partial charge < -0.3 is 9.73 Å². The van der Waals surface area contributed by atoms with Crippen LogP contribution in [0.25, 0.3) is 0 Å². The van der Waals surface area contributed by atoms with Crippen LogP contribution in [0.5, 0.6) is 0 Å². The van der Waals surface area contributed by atoms with Gasteiger partial charge in [0.25, 0.3) is 5.91 Å². The molecule has 6 nitrogen and oxygen atoms in total. The third kappa shape index (κ3) is 3.46. The van der Waals surface area contributed by atoms with Crippen molar-refractivity contribution in [2.75, 3.05) is 18.4 Å². The summed E-state index contributed by atoms with van der Waals surface area (Å²) in [6.07, 6.45) is 4.29. The number of amides is 1. The summed E-state index contributed by atoms with van der Waals surface area (Å²) in [6.45, 7) is 1.14. The number of furan rings is 1. The molecule has 1 aromatic heterocycles. The van der Waals surface area contributed by atoms with Gasteiger partial charge in [0.05, 0.1) is 11.2 Å². The number of hydrogen-bond acceptors (Lipinski definition) is 4. The monoisotopic (exact) mass is 334 g/mol. The molecule has 1 amide bonds. The third-order valence-electron chi connectivity index (χ3n) is 3.81. The average molecular weight is 334 g/mol. The first-order chi connectivity index (χ1) is 11.1. The zero-order valence-corrected chi connectivity index (χ0v) is 13.4. The molecule has 1 aliphatic rings. The van der Waals surface area contributed by atoms with Gasteiger partial charge in [0.1, 0.15) is 0 Å². The van der Waals surface area contributed by atoms with Crippen LogP contribution in [0.15, 0.2) is 52.0 Å². The number of benzene rings is 1. The molecular formula is C16H18N2O4S. The third-order valence-corrected chi connectivity index (χ3v) is 5.72. The number of carbonyl (C=O) groups is 1. The first-order valence-corrected chi connectivity index (χ1v) is 8.96. The Morgan fingerprint density at radius 3 is 2.35 bits per heavy atom. The number of sulfonamides is 1. The highest BCUT2D eigenvalue weighted by molar-refractivity contribution is 7.89. The smallest absolute Gasteiger partial charge is 0.291 e. The molecular weight excluding hydrogens is 316 g/mol. The molecule has 1 N–H and O–H groups in total. The van der Waals surface area contributed by atoms with E-state index in [2.05, 4.69) is 5.32 Å². The summed E-state index contributed by atoms with van der Waals surface area (Å²) in [4.78, 5) is 12.1. The predicted molar refractivity (Wildman–Crippen MR) is 85.7 cm³/mol. The van der Waals surface area contributed by atoms with Crippen LogP contribution in [0.3, 0.4) is 0 Å². The van der Waals surface area contributed by atoms with Gasteiger partial charge in [0.2, 0.25) is 10.0 Å². The normalized spacial score (nSPS) is 16.2. The SMILES string of the molecule is O=C(Nc1ccc(S(=O)(=O)N2CCCCC2)cc1)c1ccco1. The van der Waals surface area contributed by atoms with Crippen molar-refractivity contribution in [1.82, 2.24) is 4.31 Å². The molecule has 0 spiro atoms. The number of nitrogens with zero attached hydrogens (tertiary/aromatic N) is 1. The highest BCUT2D eigenvalue weighted by Crippen LogP contribution is 2.22. The van der Waals surface area contributed by atoms with E-state index in [0.717, 1.165) is 19.3 Å². The van der Waals surface area contributed by atoms with E-state index in [0.29, 0.717) is 18.8 Å². The maximum atomic E-state index is 12.5. The lowest BCUT2D eigenvalue weighted by molar-refractivity contribution is 0.0996. The fraction of sp³-hybridized carbons (Fsp3) is 0.312. The molecule has 0 atom stereocenters. The van der Waals surface area contributed by atoms with Crippen molar-refractivity contribution in [1.29, 1.82) is 0 Å². The van der Waals surface area contributed by atoms with Crippen molar-refractivity contribution >= 4 is 21.6 Å². The zero-order valence-electron chi connectivity index (χ0n) is 12.6. The van der Waals surface area contributed by atoms with Crippen LogP contribution in [-0.2, 0) is 10.0 Å². The first kappa shape index (κ1) is 15.8. The molecule has 0 saturated carbocycles. The van der Waals surface area contributed by atoms with Gasteiger partial charge in [-0.05, 0) is 49.2 Å². The Morgan fingerprint density at radius 1 is 1.04 bits per heavy atom. The molecule has 1 aliphatic heterocycles. The molecule has 0 radical (unpaired) electrons. The number of rotatable bonds is 4. The molecule has 23 heavy (non-hydrogen) atoms. The molecule has 2 heterocycles. The lowest BCUT2D eigenvalue weighted by atomic mass is 10.2. The second kappa shape index (κ2) is 6.55. The van der Waals surface area contributed by atoms with E-state index in [1.165, 1.54) is 22.7 Å². The minimum atomic E-state index is -3.45. The summed E-state index contributed by atoms with van der Waals surface area (Å²) in [7, 11) is -3.45. The number of anilines is 1. The summed E-state index contributed by atoms with van der Waals surface area (Å²) in [6, 6.07) is 9.38. The number of hydrogen-bond donors (Lipinski definition) is 1. The zero-order chi connectivity index (χ0) is 16.3. The van der Waals surface area contributed by atoms with Gasteiger partial charge in [0, 0.05) is 18.8 Å². The molecule has 0 bridgehead atoms. The summed E-state index contributed by atoms with van der Waals surface area (Å²) in [5.41, 5.74) is 0.518. The number of piperidine rings is 1. The van der Waals surface area contributed by atoms with Crippen molar-refractivity contribution in [2.24, 2.45) is 0 Å². The van der Waals surface area contributed by atoms with E-state index in [-0.39, 0.29) is 16.6 Å². The van der Waals surface area contributed by atoms with Gasteiger partial charge in [-0.1, -0.05) is 6.42 Å². The van der Waals surface area contributed by atoms with Gasteiger partial charge in [-0.25, -0.2) is 8.42 Å². The quantitative estimate of drug-likeness (QED) is 0.932. The van der Waals surface area contributed by atoms with E-state index in [1.807, 2.05) is 0 Å².